The first-order valence-electron chi connectivity index (χ1n) is 10.4. The molecule has 1 aliphatic rings. The molecule has 3 aromatic rings. The number of hydrogen-bond acceptors (Lipinski definition) is 5. The normalized spacial score (nSPS) is 17.8. The monoisotopic (exact) mass is 496 g/mol. The van der Waals surface area contributed by atoms with Gasteiger partial charge in [0.05, 0.1) is 20.8 Å². The maximum atomic E-state index is 13.2. The van der Waals surface area contributed by atoms with Gasteiger partial charge >= 0.3 is 0 Å². The summed E-state index contributed by atoms with van der Waals surface area (Å²) in [5, 5.41) is 0. The molecule has 2 aromatic carbocycles. The molecular weight excluding hydrogens is 472 g/mol. The fourth-order valence-electron chi connectivity index (χ4n) is 4.00. The maximum Gasteiger partial charge on any atom is 0.253 e. The first kappa shape index (κ1) is 22.1. The number of benzene rings is 2. The summed E-state index contributed by atoms with van der Waals surface area (Å²) in [7, 11) is 3.21. The van der Waals surface area contributed by atoms with E-state index in [1.165, 1.54) is 0 Å². The number of methoxy groups -OCH3 is 2. The van der Waals surface area contributed by atoms with E-state index < -0.39 is 0 Å². The molecule has 6 nitrogen and oxygen atoms in total. The number of carbonyl (C=O) groups is 1. The zero-order valence-electron chi connectivity index (χ0n) is 18.1. The molecule has 1 amide bonds. The number of rotatable bonds is 7. The average Bonchev–Trinajstić information content (AvgIpc) is 3.29. The van der Waals surface area contributed by atoms with E-state index in [-0.39, 0.29) is 11.3 Å². The third-order valence-corrected chi connectivity index (χ3v) is 6.39. The molecule has 1 unspecified atom stereocenters. The molecule has 7 heteroatoms. The summed E-state index contributed by atoms with van der Waals surface area (Å²) in [6, 6.07) is 18.9. The zero-order chi connectivity index (χ0) is 22.6. The van der Waals surface area contributed by atoms with Gasteiger partial charge in [0.25, 0.3) is 5.91 Å². The van der Waals surface area contributed by atoms with Crippen molar-refractivity contribution in [3.8, 4) is 17.4 Å². The number of nitrogens with zero attached hydrogens (tertiary/aromatic N) is 2. The van der Waals surface area contributed by atoms with Gasteiger partial charge in [0.1, 0.15) is 11.5 Å². The summed E-state index contributed by atoms with van der Waals surface area (Å²) in [6.45, 7) is 1.62. The number of likely N-dealkylation sites (tertiary alicyclic amines) is 1. The Labute approximate surface area is 196 Å². The van der Waals surface area contributed by atoms with Crippen LogP contribution in [0, 0.1) is 0 Å². The van der Waals surface area contributed by atoms with E-state index in [1.807, 2.05) is 41.3 Å². The van der Waals surface area contributed by atoms with Gasteiger partial charge in [-0.15, -0.1) is 0 Å². The molecule has 0 saturated carbocycles. The minimum atomic E-state index is -0.370. The minimum absolute atomic E-state index is 0.000749. The van der Waals surface area contributed by atoms with Gasteiger partial charge < -0.3 is 19.1 Å². The Hall–Kier alpha value is -3.06. The highest BCUT2D eigenvalue weighted by Gasteiger charge is 2.42. The predicted molar refractivity (Wildman–Crippen MR) is 126 cm³/mol. The lowest BCUT2D eigenvalue weighted by molar-refractivity contribution is 0.0776. The Balaban J connectivity index is 1.59. The molecule has 0 N–H and O–H groups in total. The maximum absolute atomic E-state index is 13.2. The van der Waals surface area contributed by atoms with Crippen LogP contribution in [-0.2, 0) is 5.41 Å². The van der Waals surface area contributed by atoms with E-state index in [1.54, 1.807) is 44.7 Å². The smallest absolute Gasteiger partial charge is 0.253 e. The van der Waals surface area contributed by atoms with E-state index >= 15 is 0 Å². The molecule has 0 aliphatic carbocycles. The SMILES string of the molecule is COc1ccc(C(=O)N2CCC(COc3ccc(Br)cc3)(c3ccnc(OC)c3)C2)cc1. The van der Waals surface area contributed by atoms with Crippen LogP contribution >= 0.6 is 15.9 Å². The quantitative estimate of drug-likeness (QED) is 0.473. The number of ether oxygens (including phenoxy) is 3. The Morgan fingerprint density at radius 1 is 1.03 bits per heavy atom. The summed E-state index contributed by atoms with van der Waals surface area (Å²) < 4.78 is 17.8. The standard InChI is InChI=1S/C25H25BrN2O4/c1-30-21-7-3-18(4-8-21)24(29)28-14-12-25(16-28,19-11-13-27-23(15-19)31-2)17-32-22-9-5-20(26)6-10-22/h3-11,13,15H,12,14,16-17H2,1-2H3. The molecule has 1 aliphatic heterocycles. The fourth-order valence-corrected chi connectivity index (χ4v) is 4.27. The van der Waals surface area contributed by atoms with Crippen LogP contribution in [-0.4, -0.2) is 49.7 Å². The third kappa shape index (κ3) is 4.72. The van der Waals surface area contributed by atoms with Crippen molar-refractivity contribution in [3.63, 3.8) is 0 Å². The second-order valence-electron chi connectivity index (χ2n) is 7.82. The number of hydrogen-bond donors (Lipinski definition) is 0. The Kier molecular flexibility index (Phi) is 6.65. The second kappa shape index (κ2) is 9.61. The third-order valence-electron chi connectivity index (χ3n) is 5.86. The lowest BCUT2D eigenvalue weighted by atomic mass is 9.81. The van der Waals surface area contributed by atoms with Crippen LogP contribution in [0.5, 0.6) is 17.4 Å². The lowest BCUT2D eigenvalue weighted by Gasteiger charge is -2.30. The number of aromatic nitrogens is 1. The number of amides is 1. The molecule has 0 bridgehead atoms. The molecule has 1 saturated heterocycles. The largest absolute Gasteiger partial charge is 0.497 e. The van der Waals surface area contributed by atoms with Gasteiger partial charge in [-0.05, 0) is 66.6 Å². The van der Waals surface area contributed by atoms with Crippen molar-refractivity contribution < 1.29 is 19.0 Å². The van der Waals surface area contributed by atoms with E-state index in [9.17, 15) is 4.79 Å². The lowest BCUT2D eigenvalue weighted by Crippen LogP contribution is -2.38. The molecule has 1 aromatic heterocycles. The molecule has 0 radical (unpaired) electrons. The summed E-state index contributed by atoms with van der Waals surface area (Å²) in [5.41, 5.74) is 1.32. The van der Waals surface area contributed by atoms with Crippen molar-refractivity contribution in [1.82, 2.24) is 9.88 Å². The summed E-state index contributed by atoms with van der Waals surface area (Å²) in [6.07, 6.45) is 2.52. The van der Waals surface area contributed by atoms with E-state index in [4.69, 9.17) is 14.2 Å². The Morgan fingerprint density at radius 3 is 2.44 bits per heavy atom. The highest BCUT2D eigenvalue weighted by molar-refractivity contribution is 9.10. The first-order valence-corrected chi connectivity index (χ1v) is 11.1. The molecule has 2 heterocycles. The summed E-state index contributed by atoms with van der Waals surface area (Å²) in [4.78, 5) is 19.3. The summed E-state index contributed by atoms with van der Waals surface area (Å²) >= 11 is 3.45. The highest BCUT2D eigenvalue weighted by Crippen LogP contribution is 2.37. The first-order chi connectivity index (χ1) is 15.5. The van der Waals surface area contributed by atoms with Gasteiger partial charge in [0.15, 0.2) is 0 Å². The van der Waals surface area contributed by atoms with Crippen LogP contribution in [0.4, 0.5) is 0 Å². The molecule has 166 valence electrons. The molecule has 1 atom stereocenters. The van der Waals surface area contributed by atoms with Crippen molar-refractivity contribution in [2.75, 3.05) is 33.9 Å². The Bertz CT molecular complexity index is 1070. The van der Waals surface area contributed by atoms with E-state index in [0.29, 0.717) is 31.1 Å². The molecule has 1 fully saturated rings. The van der Waals surface area contributed by atoms with Gasteiger partial charge in [0, 0.05) is 40.8 Å². The van der Waals surface area contributed by atoms with Crippen molar-refractivity contribution >= 4 is 21.8 Å². The van der Waals surface area contributed by atoms with Crippen molar-refractivity contribution in [3.05, 3.63) is 82.5 Å². The van der Waals surface area contributed by atoms with Gasteiger partial charge in [-0.25, -0.2) is 4.98 Å². The van der Waals surface area contributed by atoms with Gasteiger partial charge in [0.2, 0.25) is 5.88 Å². The van der Waals surface area contributed by atoms with Crippen LogP contribution in [0.15, 0.2) is 71.3 Å². The predicted octanol–water partition coefficient (Wildman–Crippen LogP) is 4.72. The minimum Gasteiger partial charge on any atom is -0.497 e. The second-order valence-corrected chi connectivity index (χ2v) is 8.73. The summed E-state index contributed by atoms with van der Waals surface area (Å²) in [5.74, 6) is 2.06. The zero-order valence-corrected chi connectivity index (χ0v) is 19.7. The van der Waals surface area contributed by atoms with Crippen molar-refractivity contribution in [2.24, 2.45) is 0 Å². The molecule has 32 heavy (non-hydrogen) atoms. The molecule has 0 spiro atoms. The topological polar surface area (TPSA) is 60.9 Å². The number of pyridine rings is 1. The van der Waals surface area contributed by atoms with E-state index in [2.05, 4.69) is 20.9 Å². The Morgan fingerprint density at radius 2 is 1.75 bits per heavy atom. The van der Waals surface area contributed by atoms with Gasteiger partial charge in [-0.3, -0.25) is 4.79 Å². The van der Waals surface area contributed by atoms with E-state index in [0.717, 1.165) is 28.0 Å². The van der Waals surface area contributed by atoms with Crippen LogP contribution in [0.3, 0.4) is 0 Å². The number of halogens is 1. The van der Waals surface area contributed by atoms with Crippen molar-refractivity contribution in [1.29, 1.82) is 0 Å². The highest BCUT2D eigenvalue weighted by atomic mass is 79.9. The van der Waals surface area contributed by atoms with Crippen molar-refractivity contribution in [2.45, 2.75) is 11.8 Å². The van der Waals surface area contributed by atoms with Gasteiger partial charge in [-0.2, -0.15) is 0 Å². The fraction of sp³-hybridized carbons (Fsp3) is 0.280. The van der Waals surface area contributed by atoms with Crippen LogP contribution < -0.4 is 14.2 Å². The average molecular weight is 497 g/mol. The molecule has 4 rings (SSSR count). The number of carbonyl (C=O) groups excluding carboxylic acids is 1. The van der Waals surface area contributed by atoms with Crippen LogP contribution in [0.25, 0.3) is 0 Å². The van der Waals surface area contributed by atoms with Crippen LogP contribution in [0.2, 0.25) is 0 Å². The van der Waals surface area contributed by atoms with Gasteiger partial charge in [-0.1, -0.05) is 15.9 Å². The molecular formula is C25H25BrN2O4. The van der Waals surface area contributed by atoms with Crippen LogP contribution in [0.1, 0.15) is 22.3 Å².